The zero-order chi connectivity index (χ0) is 16.6. The van der Waals surface area contributed by atoms with Gasteiger partial charge < -0.3 is 4.74 Å². The first-order chi connectivity index (χ1) is 9.30. The van der Waals surface area contributed by atoms with Crippen molar-refractivity contribution in [1.82, 2.24) is 0 Å². The van der Waals surface area contributed by atoms with Gasteiger partial charge in [0, 0.05) is 0 Å². The lowest BCUT2D eigenvalue weighted by Crippen LogP contribution is -2.55. The van der Waals surface area contributed by atoms with Crippen LogP contribution in [0.2, 0.25) is 0 Å². The van der Waals surface area contributed by atoms with E-state index in [0.29, 0.717) is 12.3 Å². The third-order valence-corrected chi connectivity index (χ3v) is 4.37. The Bertz CT molecular complexity index is 373. The molecular weight excluding hydrogens is 302 g/mol. The lowest BCUT2D eigenvalue weighted by atomic mass is 9.80. The highest BCUT2D eigenvalue weighted by molar-refractivity contribution is 5.78. The summed E-state index contributed by atoms with van der Waals surface area (Å²) >= 11 is 0. The Kier molecular flexibility index (Phi) is 4.90. The fraction of sp³-hybridized carbons (Fsp3) is 0.923. The summed E-state index contributed by atoms with van der Waals surface area (Å²) in [6.07, 6.45) is -11.2. The van der Waals surface area contributed by atoms with Crippen LogP contribution in [0.1, 0.15) is 40.0 Å². The van der Waals surface area contributed by atoms with Crippen LogP contribution in [0.4, 0.5) is 26.3 Å². The smallest absolute Gasteiger partial charge is 0.413 e. The Labute approximate surface area is 118 Å². The molecule has 124 valence electrons. The SMILES string of the molecule is C[C@@H]1CC[C@H](OC(=O)C(C)(C(F)(F)F)C(F)(F)F)C[C@@H]1C. The molecule has 0 amide bonds. The van der Waals surface area contributed by atoms with Crippen molar-refractivity contribution in [2.75, 3.05) is 0 Å². The van der Waals surface area contributed by atoms with Gasteiger partial charge in [-0.2, -0.15) is 26.3 Å². The molecule has 1 rings (SSSR count). The molecule has 0 saturated heterocycles. The third kappa shape index (κ3) is 3.45. The lowest BCUT2D eigenvalue weighted by Gasteiger charge is -2.36. The van der Waals surface area contributed by atoms with Crippen molar-refractivity contribution in [3.05, 3.63) is 0 Å². The molecule has 2 nitrogen and oxygen atoms in total. The van der Waals surface area contributed by atoms with E-state index in [-0.39, 0.29) is 25.7 Å². The Balaban J connectivity index is 2.89. The first-order valence-corrected chi connectivity index (χ1v) is 6.65. The molecule has 0 aromatic rings. The monoisotopic (exact) mass is 320 g/mol. The molecule has 1 aliphatic carbocycles. The summed E-state index contributed by atoms with van der Waals surface area (Å²) in [5, 5.41) is 0. The summed E-state index contributed by atoms with van der Waals surface area (Å²) in [6, 6.07) is 0. The predicted octanol–water partition coefficient (Wildman–Crippen LogP) is 4.49. The molecular formula is C13H18F6O2. The Morgan fingerprint density at radius 2 is 1.43 bits per heavy atom. The summed E-state index contributed by atoms with van der Waals surface area (Å²) in [6.45, 7) is 3.60. The second-order valence-electron chi connectivity index (χ2n) is 5.92. The Morgan fingerprint density at radius 3 is 1.81 bits per heavy atom. The van der Waals surface area contributed by atoms with E-state index >= 15 is 0 Å². The number of carbonyl (C=O) groups is 1. The zero-order valence-electron chi connectivity index (χ0n) is 11.9. The van der Waals surface area contributed by atoms with Crippen molar-refractivity contribution in [1.29, 1.82) is 0 Å². The Morgan fingerprint density at radius 1 is 0.952 bits per heavy atom. The molecule has 1 fully saturated rings. The zero-order valence-corrected chi connectivity index (χ0v) is 11.9. The molecule has 1 aliphatic rings. The van der Waals surface area contributed by atoms with E-state index in [0.717, 1.165) is 0 Å². The number of carbonyl (C=O) groups excluding carboxylic acids is 1. The van der Waals surface area contributed by atoms with Crippen LogP contribution in [0.3, 0.4) is 0 Å². The molecule has 3 atom stereocenters. The summed E-state index contributed by atoms with van der Waals surface area (Å²) in [7, 11) is 0. The van der Waals surface area contributed by atoms with E-state index in [2.05, 4.69) is 4.74 Å². The maximum atomic E-state index is 12.7. The third-order valence-electron chi connectivity index (χ3n) is 4.37. The molecule has 0 spiro atoms. The molecule has 0 unspecified atom stereocenters. The molecule has 0 aliphatic heterocycles. The van der Waals surface area contributed by atoms with Crippen molar-refractivity contribution in [2.24, 2.45) is 17.3 Å². The van der Waals surface area contributed by atoms with Crippen LogP contribution < -0.4 is 0 Å². The number of alkyl halides is 6. The fourth-order valence-corrected chi connectivity index (χ4v) is 2.27. The number of halogens is 6. The second-order valence-corrected chi connectivity index (χ2v) is 5.92. The van der Waals surface area contributed by atoms with Gasteiger partial charge in [0.15, 0.2) is 0 Å². The van der Waals surface area contributed by atoms with Gasteiger partial charge in [0.25, 0.3) is 5.41 Å². The van der Waals surface area contributed by atoms with Crippen LogP contribution in [0.5, 0.6) is 0 Å². The van der Waals surface area contributed by atoms with Crippen LogP contribution >= 0.6 is 0 Å². The molecule has 8 heteroatoms. The van der Waals surface area contributed by atoms with E-state index in [4.69, 9.17) is 0 Å². The minimum Gasteiger partial charge on any atom is -0.461 e. The number of esters is 1. The van der Waals surface area contributed by atoms with E-state index < -0.39 is 29.8 Å². The topological polar surface area (TPSA) is 26.3 Å². The molecule has 0 aromatic carbocycles. The van der Waals surface area contributed by atoms with Gasteiger partial charge in [-0.05, 0) is 38.0 Å². The first-order valence-electron chi connectivity index (χ1n) is 6.65. The van der Waals surface area contributed by atoms with E-state index in [1.54, 1.807) is 0 Å². The van der Waals surface area contributed by atoms with Gasteiger partial charge in [0.1, 0.15) is 6.10 Å². The number of hydrogen-bond donors (Lipinski definition) is 0. The number of rotatable bonds is 2. The predicted molar refractivity (Wildman–Crippen MR) is 62.3 cm³/mol. The summed E-state index contributed by atoms with van der Waals surface area (Å²) < 4.78 is 80.9. The maximum Gasteiger partial charge on any atom is 0.413 e. The van der Waals surface area contributed by atoms with Gasteiger partial charge in [-0.3, -0.25) is 4.79 Å². The molecule has 0 radical (unpaired) electrons. The van der Waals surface area contributed by atoms with E-state index in [9.17, 15) is 31.1 Å². The van der Waals surface area contributed by atoms with Crippen molar-refractivity contribution in [3.63, 3.8) is 0 Å². The van der Waals surface area contributed by atoms with Gasteiger partial charge in [0.05, 0.1) is 0 Å². The highest BCUT2D eigenvalue weighted by atomic mass is 19.4. The van der Waals surface area contributed by atoms with Gasteiger partial charge in [0.2, 0.25) is 0 Å². The average molecular weight is 320 g/mol. The van der Waals surface area contributed by atoms with Gasteiger partial charge >= 0.3 is 18.3 Å². The highest BCUT2D eigenvalue weighted by Crippen LogP contribution is 2.51. The van der Waals surface area contributed by atoms with Crippen molar-refractivity contribution < 1.29 is 35.9 Å². The van der Waals surface area contributed by atoms with E-state index in [1.165, 1.54) is 0 Å². The lowest BCUT2D eigenvalue weighted by molar-refractivity contribution is -0.327. The standard InChI is InChI=1S/C13H18F6O2/c1-7-4-5-9(6-8(7)2)21-10(20)11(3,12(14,15)16)13(17,18)19/h7-9H,4-6H2,1-3H3/t7-,8+,9+/m1/s1. The van der Waals surface area contributed by atoms with Gasteiger partial charge in [-0.25, -0.2) is 0 Å². The molecule has 21 heavy (non-hydrogen) atoms. The van der Waals surface area contributed by atoms with Crippen LogP contribution in [0, 0.1) is 17.3 Å². The number of hydrogen-bond acceptors (Lipinski definition) is 2. The molecule has 1 saturated carbocycles. The van der Waals surface area contributed by atoms with Crippen LogP contribution in [-0.4, -0.2) is 24.4 Å². The van der Waals surface area contributed by atoms with Crippen molar-refractivity contribution in [2.45, 2.75) is 58.5 Å². The average Bonchev–Trinajstić information content (AvgIpc) is 2.29. The summed E-state index contributed by atoms with van der Waals surface area (Å²) in [4.78, 5) is 11.6. The largest absolute Gasteiger partial charge is 0.461 e. The molecule has 0 N–H and O–H groups in total. The van der Waals surface area contributed by atoms with Crippen LogP contribution in [0.15, 0.2) is 0 Å². The minimum absolute atomic E-state index is 0.0829. The van der Waals surface area contributed by atoms with Crippen molar-refractivity contribution in [3.8, 4) is 0 Å². The second kappa shape index (κ2) is 5.68. The van der Waals surface area contributed by atoms with Gasteiger partial charge in [-0.1, -0.05) is 13.8 Å². The summed E-state index contributed by atoms with van der Waals surface area (Å²) in [5.41, 5.74) is -4.49. The quantitative estimate of drug-likeness (QED) is 0.554. The first kappa shape index (κ1) is 18.1. The highest BCUT2D eigenvalue weighted by Gasteiger charge is 2.73. The Hall–Kier alpha value is -0.950. The van der Waals surface area contributed by atoms with Crippen LogP contribution in [-0.2, 0) is 9.53 Å². The molecule has 0 heterocycles. The fourth-order valence-electron chi connectivity index (χ4n) is 2.27. The molecule has 0 aromatic heterocycles. The summed E-state index contributed by atoms with van der Waals surface area (Å²) in [5.74, 6) is -1.88. The molecule has 0 bridgehead atoms. The van der Waals surface area contributed by atoms with Crippen molar-refractivity contribution >= 4 is 5.97 Å². The maximum absolute atomic E-state index is 12.7. The minimum atomic E-state index is -5.75. The van der Waals surface area contributed by atoms with Gasteiger partial charge in [-0.15, -0.1) is 0 Å². The normalized spacial score (nSPS) is 28.3. The van der Waals surface area contributed by atoms with Crippen LogP contribution in [0.25, 0.3) is 0 Å². The van der Waals surface area contributed by atoms with E-state index in [1.807, 2.05) is 13.8 Å². The number of ether oxygens (including phenoxy) is 1.